The van der Waals surface area contributed by atoms with Crippen molar-refractivity contribution >= 4 is 34.9 Å². The van der Waals surface area contributed by atoms with Crippen LogP contribution < -0.4 is 4.90 Å². The van der Waals surface area contributed by atoms with E-state index in [-0.39, 0.29) is 5.91 Å². The summed E-state index contributed by atoms with van der Waals surface area (Å²) in [5, 5.41) is 0.919. The Morgan fingerprint density at radius 1 is 1.07 bits per heavy atom. The van der Waals surface area contributed by atoms with Crippen molar-refractivity contribution in [3.8, 4) is 0 Å². The van der Waals surface area contributed by atoms with E-state index in [0.717, 1.165) is 36.8 Å². The molecule has 3 rings (SSSR count). The predicted octanol–water partition coefficient (Wildman–Crippen LogP) is 4.88. The second kappa shape index (κ2) is 8.66. The van der Waals surface area contributed by atoms with Gasteiger partial charge in [-0.25, -0.2) is 9.97 Å². The number of rotatable bonds is 3. The lowest BCUT2D eigenvalue weighted by Gasteiger charge is -2.27. The lowest BCUT2D eigenvalue weighted by molar-refractivity contribution is 0.0767. The molecule has 2 aromatic rings. The molecule has 1 saturated heterocycles. The lowest BCUT2D eigenvalue weighted by Crippen LogP contribution is -2.36. The molecule has 1 aliphatic heterocycles. The highest BCUT2D eigenvalue weighted by Gasteiger charge is 2.25. The van der Waals surface area contributed by atoms with Crippen molar-refractivity contribution < 1.29 is 4.79 Å². The molecule has 2 heterocycles. The molecule has 1 aliphatic rings. The zero-order valence-electron chi connectivity index (χ0n) is 16.8. The summed E-state index contributed by atoms with van der Waals surface area (Å²) < 4.78 is 0. The normalized spacial score (nSPS) is 15.1. The van der Waals surface area contributed by atoms with Gasteiger partial charge in [0, 0.05) is 42.5 Å². The van der Waals surface area contributed by atoms with E-state index in [4.69, 9.17) is 28.2 Å². The molecule has 0 radical (unpaired) electrons. The van der Waals surface area contributed by atoms with E-state index in [2.05, 4.69) is 23.7 Å². The second-order valence-electron chi connectivity index (χ2n) is 7.51. The van der Waals surface area contributed by atoms with Crippen LogP contribution in [0.3, 0.4) is 0 Å². The van der Waals surface area contributed by atoms with Crippen molar-refractivity contribution in [2.45, 2.75) is 40.0 Å². The van der Waals surface area contributed by atoms with Gasteiger partial charge in [-0.15, -0.1) is 0 Å². The molecule has 0 saturated carbocycles. The third-order valence-corrected chi connectivity index (χ3v) is 5.60. The maximum atomic E-state index is 13.0. The molecule has 0 spiro atoms. The van der Waals surface area contributed by atoms with E-state index >= 15 is 0 Å². The van der Waals surface area contributed by atoms with Crippen molar-refractivity contribution in [2.75, 3.05) is 31.1 Å². The standard InChI is InChI=1S/C21H26Cl2N4O/c1-13(2)19-14(3)24-15(4)25-20(19)26-8-5-9-27(11-10-26)21(28)17-7-6-16(22)12-18(17)23/h6-7,12-13H,5,8-11H2,1-4H3. The number of amides is 1. The molecule has 7 heteroatoms. The number of hydrogen-bond donors (Lipinski definition) is 0. The lowest BCUT2D eigenvalue weighted by atomic mass is 10.0. The van der Waals surface area contributed by atoms with Crippen molar-refractivity contribution in [3.63, 3.8) is 0 Å². The number of anilines is 1. The molecule has 0 aliphatic carbocycles. The van der Waals surface area contributed by atoms with Crippen LogP contribution in [0, 0.1) is 13.8 Å². The molecular weight excluding hydrogens is 395 g/mol. The third-order valence-electron chi connectivity index (χ3n) is 5.05. The molecule has 1 fully saturated rings. The highest BCUT2D eigenvalue weighted by molar-refractivity contribution is 6.36. The number of aryl methyl sites for hydroxylation is 2. The summed E-state index contributed by atoms with van der Waals surface area (Å²) in [7, 11) is 0. The first-order valence-corrected chi connectivity index (χ1v) is 10.4. The van der Waals surface area contributed by atoms with E-state index < -0.39 is 0 Å². The number of carbonyl (C=O) groups excluding carboxylic acids is 1. The Morgan fingerprint density at radius 2 is 1.82 bits per heavy atom. The summed E-state index contributed by atoms with van der Waals surface area (Å²) in [6, 6.07) is 5.01. The smallest absolute Gasteiger partial charge is 0.255 e. The Bertz CT molecular complexity index is 885. The molecule has 0 atom stereocenters. The molecule has 28 heavy (non-hydrogen) atoms. The Kier molecular flexibility index (Phi) is 6.46. The van der Waals surface area contributed by atoms with Gasteiger partial charge in [-0.2, -0.15) is 0 Å². The Hall–Kier alpha value is -1.85. The fourth-order valence-electron chi connectivity index (χ4n) is 3.79. The largest absolute Gasteiger partial charge is 0.354 e. The van der Waals surface area contributed by atoms with Crippen LogP contribution in [0.1, 0.15) is 53.6 Å². The monoisotopic (exact) mass is 420 g/mol. The van der Waals surface area contributed by atoms with E-state index in [1.54, 1.807) is 18.2 Å². The molecular formula is C21H26Cl2N4O. The first kappa shape index (κ1) is 20.9. The third kappa shape index (κ3) is 4.41. The van der Waals surface area contributed by atoms with Crippen LogP contribution in [0.2, 0.25) is 10.0 Å². The predicted molar refractivity (Wildman–Crippen MR) is 115 cm³/mol. The van der Waals surface area contributed by atoms with Gasteiger partial charge in [0.05, 0.1) is 10.6 Å². The summed E-state index contributed by atoms with van der Waals surface area (Å²) in [5.41, 5.74) is 2.71. The van der Waals surface area contributed by atoms with Gasteiger partial charge in [-0.1, -0.05) is 37.0 Å². The number of hydrogen-bond acceptors (Lipinski definition) is 4. The minimum Gasteiger partial charge on any atom is -0.354 e. The Labute approximate surface area is 176 Å². The van der Waals surface area contributed by atoms with Gasteiger partial charge < -0.3 is 9.80 Å². The summed E-state index contributed by atoms with van der Waals surface area (Å²) in [6.07, 6.45) is 0.872. The van der Waals surface area contributed by atoms with Gasteiger partial charge in [0.25, 0.3) is 5.91 Å². The number of halogens is 2. The first-order valence-electron chi connectivity index (χ1n) is 9.62. The second-order valence-corrected chi connectivity index (χ2v) is 8.35. The summed E-state index contributed by atoms with van der Waals surface area (Å²) in [4.78, 5) is 26.4. The molecule has 1 amide bonds. The maximum Gasteiger partial charge on any atom is 0.255 e. The van der Waals surface area contributed by atoms with Crippen molar-refractivity contribution in [3.05, 3.63) is 50.9 Å². The SMILES string of the molecule is Cc1nc(C)c(C(C)C)c(N2CCCN(C(=O)c3ccc(Cl)cc3Cl)CC2)n1. The molecule has 1 aromatic heterocycles. The van der Waals surface area contributed by atoms with Crippen LogP contribution in [0.5, 0.6) is 0 Å². The van der Waals surface area contributed by atoms with Gasteiger partial charge in [-0.05, 0) is 44.4 Å². The number of benzene rings is 1. The average molecular weight is 421 g/mol. The number of carbonyl (C=O) groups is 1. The fraction of sp³-hybridized carbons (Fsp3) is 0.476. The number of aromatic nitrogens is 2. The minimum absolute atomic E-state index is 0.0531. The van der Waals surface area contributed by atoms with Crippen LogP contribution in [0.15, 0.2) is 18.2 Å². The number of nitrogens with zero attached hydrogens (tertiary/aromatic N) is 4. The van der Waals surface area contributed by atoms with Crippen molar-refractivity contribution in [1.82, 2.24) is 14.9 Å². The van der Waals surface area contributed by atoms with Gasteiger partial charge >= 0.3 is 0 Å². The van der Waals surface area contributed by atoms with Gasteiger partial charge in [0.2, 0.25) is 0 Å². The average Bonchev–Trinajstić information content (AvgIpc) is 2.86. The molecule has 0 unspecified atom stereocenters. The van der Waals surface area contributed by atoms with E-state index in [1.165, 1.54) is 5.56 Å². The Morgan fingerprint density at radius 3 is 2.50 bits per heavy atom. The van der Waals surface area contributed by atoms with Gasteiger partial charge in [0.15, 0.2) is 0 Å². The first-order chi connectivity index (χ1) is 13.3. The van der Waals surface area contributed by atoms with E-state index in [9.17, 15) is 4.79 Å². The maximum absolute atomic E-state index is 13.0. The highest BCUT2D eigenvalue weighted by Crippen LogP contribution is 2.29. The van der Waals surface area contributed by atoms with Crippen LogP contribution in [-0.2, 0) is 0 Å². The zero-order chi connectivity index (χ0) is 20.4. The van der Waals surface area contributed by atoms with E-state index in [0.29, 0.717) is 34.6 Å². The molecule has 1 aromatic carbocycles. The van der Waals surface area contributed by atoms with Gasteiger partial charge in [0.1, 0.15) is 11.6 Å². The molecule has 0 N–H and O–H groups in total. The minimum atomic E-state index is -0.0531. The zero-order valence-corrected chi connectivity index (χ0v) is 18.3. The molecule has 0 bridgehead atoms. The topological polar surface area (TPSA) is 49.3 Å². The molecule has 5 nitrogen and oxygen atoms in total. The molecule has 150 valence electrons. The van der Waals surface area contributed by atoms with Crippen LogP contribution in [0.25, 0.3) is 0 Å². The van der Waals surface area contributed by atoms with Crippen LogP contribution >= 0.6 is 23.2 Å². The highest BCUT2D eigenvalue weighted by atomic mass is 35.5. The Balaban J connectivity index is 1.82. The van der Waals surface area contributed by atoms with Gasteiger partial charge in [-0.3, -0.25) is 4.79 Å². The van der Waals surface area contributed by atoms with Crippen molar-refractivity contribution in [1.29, 1.82) is 0 Å². The van der Waals surface area contributed by atoms with Crippen molar-refractivity contribution in [2.24, 2.45) is 0 Å². The quantitative estimate of drug-likeness (QED) is 0.709. The summed E-state index contributed by atoms with van der Waals surface area (Å²) in [5.74, 6) is 2.06. The fourth-order valence-corrected chi connectivity index (χ4v) is 4.28. The van der Waals surface area contributed by atoms with Crippen LogP contribution in [0.4, 0.5) is 5.82 Å². The van der Waals surface area contributed by atoms with Crippen LogP contribution in [-0.4, -0.2) is 47.0 Å². The summed E-state index contributed by atoms with van der Waals surface area (Å²) >= 11 is 12.2. The van der Waals surface area contributed by atoms with E-state index in [1.807, 2.05) is 18.7 Å². The summed E-state index contributed by atoms with van der Waals surface area (Å²) in [6.45, 7) is 11.2.